The largest absolute Gasteiger partial charge is 0.479 e. The molecule has 0 aliphatic carbocycles. The number of Topliss-reactive ketones (excluding diaryl/α,β-unsaturated/α-hetero) is 1. The van der Waals surface area contributed by atoms with Gasteiger partial charge in [-0.05, 0) is 6.92 Å². The number of hydrogen-bond donors (Lipinski definition) is 1. The van der Waals surface area contributed by atoms with Crippen LogP contribution in [0.25, 0.3) is 0 Å². The predicted molar refractivity (Wildman–Crippen MR) is 54.0 cm³/mol. The molecule has 0 saturated heterocycles. The van der Waals surface area contributed by atoms with Crippen LogP contribution in [0.5, 0.6) is 0 Å². The third-order valence-corrected chi connectivity index (χ3v) is 1.85. The molecule has 1 aromatic carbocycles. The molecule has 84 valence electrons. The second-order valence-corrected chi connectivity index (χ2v) is 3.08. The zero-order valence-corrected chi connectivity index (χ0v) is 8.54. The highest BCUT2D eigenvalue weighted by atomic mass is 16.6. The summed E-state index contributed by atoms with van der Waals surface area (Å²) in [5.41, 5.74) is 0.171. The van der Waals surface area contributed by atoms with E-state index in [4.69, 9.17) is 5.11 Å². The smallest absolute Gasteiger partial charge is 0.380 e. The molecule has 0 saturated carbocycles. The summed E-state index contributed by atoms with van der Waals surface area (Å²) in [4.78, 5) is 33.1. The van der Waals surface area contributed by atoms with Crippen LogP contribution in [0.15, 0.2) is 30.3 Å². The zero-order chi connectivity index (χ0) is 12.1. The van der Waals surface area contributed by atoms with Gasteiger partial charge in [0.25, 0.3) is 5.78 Å². The minimum absolute atomic E-state index is 0.171. The second-order valence-electron chi connectivity index (χ2n) is 3.08. The van der Waals surface area contributed by atoms with E-state index in [0.717, 1.165) is 0 Å². The van der Waals surface area contributed by atoms with Crippen molar-refractivity contribution in [2.24, 2.45) is 0 Å². The first-order valence-corrected chi connectivity index (χ1v) is 4.55. The predicted octanol–water partition coefficient (Wildman–Crippen LogP) is 0.886. The van der Waals surface area contributed by atoms with E-state index < -0.39 is 23.8 Å². The van der Waals surface area contributed by atoms with Crippen molar-refractivity contribution >= 4 is 17.7 Å². The molecule has 0 aliphatic rings. The molecule has 5 heteroatoms. The Labute approximate surface area is 91.6 Å². The second kappa shape index (κ2) is 5.06. The van der Waals surface area contributed by atoms with Gasteiger partial charge in [-0.15, -0.1) is 0 Å². The van der Waals surface area contributed by atoms with Gasteiger partial charge in [-0.2, -0.15) is 0 Å². The highest BCUT2D eigenvalue weighted by Gasteiger charge is 2.23. The molecular formula is C11H10O5. The van der Waals surface area contributed by atoms with Crippen LogP contribution in [0.4, 0.5) is 0 Å². The first-order valence-electron chi connectivity index (χ1n) is 4.55. The number of carboxylic acid groups (broad SMARTS) is 1. The maximum atomic E-state index is 11.4. The fourth-order valence-electron chi connectivity index (χ4n) is 0.972. The highest BCUT2D eigenvalue weighted by molar-refractivity contribution is 6.40. The van der Waals surface area contributed by atoms with E-state index in [-0.39, 0.29) is 5.56 Å². The Balaban J connectivity index is 2.69. The quantitative estimate of drug-likeness (QED) is 0.464. The van der Waals surface area contributed by atoms with Crippen molar-refractivity contribution in [1.29, 1.82) is 0 Å². The van der Waals surface area contributed by atoms with Gasteiger partial charge >= 0.3 is 11.9 Å². The first-order chi connectivity index (χ1) is 7.52. The molecule has 0 heterocycles. The minimum Gasteiger partial charge on any atom is -0.479 e. The Morgan fingerprint density at radius 3 is 2.25 bits per heavy atom. The van der Waals surface area contributed by atoms with E-state index in [1.807, 2.05) is 0 Å². The standard InChI is InChI=1S/C11H10O5/c1-7(10(13)14)16-11(15)9(12)8-5-3-2-4-6-8/h2-7H,1H3,(H,13,14). The number of carbonyl (C=O) groups excluding carboxylic acids is 2. The van der Waals surface area contributed by atoms with Crippen molar-refractivity contribution in [3.8, 4) is 0 Å². The third kappa shape index (κ3) is 2.91. The zero-order valence-electron chi connectivity index (χ0n) is 8.54. The summed E-state index contributed by atoms with van der Waals surface area (Å²) >= 11 is 0. The molecule has 0 aromatic heterocycles. The van der Waals surface area contributed by atoms with Gasteiger partial charge in [0.2, 0.25) is 0 Å². The Morgan fingerprint density at radius 2 is 1.75 bits per heavy atom. The lowest BCUT2D eigenvalue weighted by molar-refractivity contribution is -0.159. The van der Waals surface area contributed by atoms with Gasteiger partial charge in [0.15, 0.2) is 6.10 Å². The van der Waals surface area contributed by atoms with Crippen molar-refractivity contribution in [3.63, 3.8) is 0 Å². The molecule has 5 nitrogen and oxygen atoms in total. The van der Waals surface area contributed by atoms with Gasteiger partial charge in [0, 0.05) is 5.56 Å². The molecule has 0 aliphatic heterocycles. The summed E-state index contributed by atoms with van der Waals surface area (Å²) < 4.78 is 4.44. The van der Waals surface area contributed by atoms with E-state index >= 15 is 0 Å². The highest BCUT2D eigenvalue weighted by Crippen LogP contribution is 2.03. The van der Waals surface area contributed by atoms with Crippen molar-refractivity contribution in [1.82, 2.24) is 0 Å². The van der Waals surface area contributed by atoms with Gasteiger partial charge < -0.3 is 9.84 Å². The Morgan fingerprint density at radius 1 is 1.19 bits per heavy atom. The molecule has 1 aromatic rings. The van der Waals surface area contributed by atoms with Gasteiger partial charge in [-0.3, -0.25) is 4.79 Å². The molecule has 0 bridgehead atoms. The number of hydrogen-bond acceptors (Lipinski definition) is 4. The van der Waals surface area contributed by atoms with Crippen LogP contribution in [-0.4, -0.2) is 28.9 Å². The van der Waals surface area contributed by atoms with Gasteiger partial charge in [-0.25, -0.2) is 9.59 Å². The number of ketones is 1. The number of esters is 1. The molecule has 0 radical (unpaired) electrons. The lowest BCUT2D eigenvalue weighted by Crippen LogP contribution is -2.28. The maximum Gasteiger partial charge on any atom is 0.380 e. The van der Waals surface area contributed by atoms with Gasteiger partial charge in [0.1, 0.15) is 0 Å². The van der Waals surface area contributed by atoms with Crippen LogP contribution >= 0.6 is 0 Å². The topological polar surface area (TPSA) is 80.7 Å². The number of aliphatic carboxylic acids is 1. The summed E-state index contributed by atoms with van der Waals surface area (Å²) in [6.07, 6.45) is -1.33. The third-order valence-electron chi connectivity index (χ3n) is 1.85. The van der Waals surface area contributed by atoms with Crippen LogP contribution in [-0.2, 0) is 14.3 Å². The number of ether oxygens (including phenoxy) is 1. The first kappa shape index (κ1) is 11.9. The van der Waals surface area contributed by atoms with Gasteiger partial charge in [-0.1, -0.05) is 30.3 Å². The summed E-state index contributed by atoms with van der Waals surface area (Å²) in [5.74, 6) is -3.32. The van der Waals surface area contributed by atoms with E-state index in [1.165, 1.54) is 19.1 Å². The van der Waals surface area contributed by atoms with Gasteiger partial charge in [0.05, 0.1) is 0 Å². The Kier molecular flexibility index (Phi) is 3.77. The van der Waals surface area contributed by atoms with Crippen molar-refractivity contribution in [2.75, 3.05) is 0 Å². The molecule has 1 atom stereocenters. The van der Waals surface area contributed by atoms with E-state index in [2.05, 4.69) is 4.74 Å². The fourth-order valence-corrected chi connectivity index (χ4v) is 0.972. The monoisotopic (exact) mass is 222 g/mol. The molecule has 1 unspecified atom stereocenters. The lowest BCUT2D eigenvalue weighted by Gasteiger charge is -2.07. The number of rotatable bonds is 4. The normalized spacial score (nSPS) is 11.6. The number of carboxylic acids is 1. The van der Waals surface area contributed by atoms with Crippen molar-refractivity contribution < 1.29 is 24.2 Å². The van der Waals surface area contributed by atoms with E-state index in [1.54, 1.807) is 18.2 Å². The maximum absolute atomic E-state index is 11.4. The van der Waals surface area contributed by atoms with Crippen LogP contribution in [0, 0.1) is 0 Å². The Bertz CT molecular complexity index is 410. The molecular weight excluding hydrogens is 212 g/mol. The molecule has 0 spiro atoms. The fraction of sp³-hybridized carbons (Fsp3) is 0.182. The van der Waals surface area contributed by atoms with E-state index in [0.29, 0.717) is 0 Å². The minimum atomic E-state index is -1.33. The summed E-state index contributed by atoms with van der Waals surface area (Å²) in [5, 5.41) is 8.49. The van der Waals surface area contributed by atoms with Crippen molar-refractivity contribution in [2.45, 2.75) is 13.0 Å². The van der Waals surface area contributed by atoms with Crippen LogP contribution in [0.3, 0.4) is 0 Å². The average molecular weight is 222 g/mol. The molecule has 0 amide bonds. The summed E-state index contributed by atoms with van der Waals surface area (Å²) in [6.45, 7) is 1.18. The Hall–Kier alpha value is -2.17. The SMILES string of the molecule is CC(OC(=O)C(=O)c1ccccc1)C(=O)O. The molecule has 0 fully saturated rings. The molecule has 1 N–H and O–H groups in total. The summed E-state index contributed by atoms with van der Waals surface area (Å²) in [6, 6.07) is 7.80. The van der Waals surface area contributed by atoms with Crippen LogP contribution in [0.2, 0.25) is 0 Å². The van der Waals surface area contributed by atoms with E-state index in [9.17, 15) is 14.4 Å². The average Bonchev–Trinajstić information content (AvgIpc) is 2.28. The van der Waals surface area contributed by atoms with Crippen molar-refractivity contribution in [3.05, 3.63) is 35.9 Å². The number of carbonyl (C=O) groups is 3. The molecule has 16 heavy (non-hydrogen) atoms. The molecule has 1 rings (SSSR count). The summed E-state index contributed by atoms with van der Waals surface area (Å²) in [7, 11) is 0. The van der Waals surface area contributed by atoms with Crippen LogP contribution in [0.1, 0.15) is 17.3 Å². The lowest BCUT2D eigenvalue weighted by atomic mass is 10.1. The number of benzene rings is 1. The van der Waals surface area contributed by atoms with Crippen LogP contribution < -0.4 is 0 Å².